The summed E-state index contributed by atoms with van der Waals surface area (Å²) < 4.78 is 42.4. The van der Waals surface area contributed by atoms with Gasteiger partial charge in [-0.2, -0.15) is 4.98 Å². The molecule has 1 heterocycles. The Bertz CT molecular complexity index is 1110. The maximum absolute atomic E-state index is 12.7. The second-order valence-corrected chi connectivity index (χ2v) is 8.99. The summed E-state index contributed by atoms with van der Waals surface area (Å²) in [6.07, 6.45) is 1.15. The number of hydrogen-bond donors (Lipinski definition) is 3. The summed E-state index contributed by atoms with van der Waals surface area (Å²) >= 11 is 0. The van der Waals surface area contributed by atoms with E-state index in [4.69, 9.17) is 5.73 Å². The molecule has 0 aliphatic heterocycles. The molecule has 0 atom stereocenters. The summed E-state index contributed by atoms with van der Waals surface area (Å²) in [5.74, 6) is 1.26. The first kappa shape index (κ1) is 24.8. The third-order valence-corrected chi connectivity index (χ3v) is 6.24. The first-order valence-electron chi connectivity index (χ1n) is 11.8. The molecule has 1 saturated carbocycles. The molecular weight excluding hydrogens is 455 g/mol. The molecule has 3 aromatic rings. The van der Waals surface area contributed by atoms with Crippen LogP contribution in [-0.2, 0) is 6.54 Å². The molecule has 0 amide bonds. The van der Waals surface area contributed by atoms with Gasteiger partial charge < -0.3 is 21.1 Å². The molecule has 0 spiro atoms. The van der Waals surface area contributed by atoms with Gasteiger partial charge in [-0.25, -0.2) is 4.98 Å². The molecule has 186 valence electrons. The highest BCUT2D eigenvalue weighted by Crippen LogP contribution is 2.30. The molecule has 0 unspecified atom stereocenters. The Balaban J connectivity index is 1.52. The number of aromatic nitrogens is 2. The number of rotatable bonds is 8. The van der Waals surface area contributed by atoms with Crippen molar-refractivity contribution in [2.75, 3.05) is 17.2 Å². The third kappa shape index (κ3) is 7.08. The zero-order chi connectivity index (χ0) is 24.8. The lowest BCUT2D eigenvalue weighted by molar-refractivity contribution is -0.274. The number of anilines is 2. The van der Waals surface area contributed by atoms with Gasteiger partial charge >= 0.3 is 6.36 Å². The predicted molar refractivity (Wildman–Crippen MR) is 131 cm³/mol. The summed E-state index contributed by atoms with van der Waals surface area (Å²) in [6, 6.07) is 14.4. The van der Waals surface area contributed by atoms with Gasteiger partial charge in [-0.3, -0.25) is 0 Å². The number of nitrogens with one attached hydrogen (secondary N) is 2. The molecule has 0 bridgehead atoms. The second kappa shape index (κ2) is 10.9. The number of nitrogens with zero attached hydrogens (tertiary/aromatic N) is 2. The Morgan fingerprint density at radius 2 is 1.71 bits per heavy atom. The Hall–Kier alpha value is -3.33. The van der Waals surface area contributed by atoms with Crippen LogP contribution in [0.4, 0.5) is 24.9 Å². The first-order chi connectivity index (χ1) is 16.8. The number of hydrogen-bond acceptors (Lipinski definition) is 6. The van der Waals surface area contributed by atoms with E-state index in [0.717, 1.165) is 48.9 Å². The number of para-hydroxylation sites is 1. The Morgan fingerprint density at radius 3 is 2.43 bits per heavy atom. The van der Waals surface area contributed by atoms with Gasteiger partial charge in [0, 0.05) is 36.5 Å². The smallest absolute Gasteiger partial charge is 0.405 e. The van der Waals surface area contributed by atoms with Gasteiger partial charge in [0.25, 0.3) is 0 Å². The van der Waals surface area contributed by atoms with Crippen LogP contribution in [0.5, 0.6) is 5.75 Å². The lowest BCUT2D eigenvalue weighted by Gasteiger charge is -2.26. The van der Waals surface area contributed by atoms with Gasteiger partial charge in [-0.05, 0) is 50.2 Å². The van der Waals surface area contributed by atoms with E-state index in [2.05, 4.69) is 25.3 Å². The van der Waals surface area contributed by atoms with Gasteiger partial charge in [-0.15, -0.1) is 13.2 Å². The maximum atomic E-state index is 12.7. The molecule has 6 nitrogen and oxygen atoms in total. The number of ether oxygens (including phenoxy) is 1. The van der Waals surface area contributed by atoms with Crippen LogP contribution in [0.25, 0.3) is 11.1 Å². The fourth-order valence-corrected chi connectivity index (χ4v) is 4.23. The minimum Gasteiger partial charge on any atom is -0.405 e. The van der Waals surface area contributed by atoms with Crippen LogP contribution >= 0.6 is 0 Å². The van der Waals surface area contributed by atoms with Crippen LogP contribution in [0.15, 0.2) is 54.7 Å². The van der Waals surface area contributed by atoms with Gasteiger partial charge in [0.05, 0.1) is 0 Å². The zero-order valence-electron chi connectivity index (χ0n) is 19.6. The lowest BCUT2D eigenvalue weighted by Crippen LogP contribution is -2.29. The number of nitrogens with two attached hydrogens (primary N) is 1. The van der Waals surface area contributed by atoms with Crippen molar-refractivity contribution in [1.29, 1.82) is 0 Å². The summed E-state index contributed by atoms with van der Waals surface area (Å²) in [4.78, 5) is 9.09. The van der Waals surface area contributed by atoms with Crippen LogP contribution in [0.1, 0.15) is 36.8 Å². The fourth-order valence-electron chi connectivity index (χ4n) is 4.23. The van der Waals surface area contributed by atoms with Crippen molar-refractivity contribution in [2.45, 2.75) is 51.6 Å². The minimum atomic E-state index is -4.76. The van der Waals surface area contributed by atoms with Crippen LogP contribution in [0.2, 0.25) is 0 Å². The van der Waals surface area contributed by atoms with Crippen molar-refractivity contribution >= 4 is 11.8 Å². The molecule has 0 saturated heterocycles. The van der Waals surface area contributed by atoms with Gasteiger partial charge in [-0.1, -0.05) is 48.0 Å². The van der Waals surface area contributed by atoms with E-state index < -0.39 is 6.36 Å². The fraction of sp³-hybridized carbons (Fsp3) is 0.385. The Kier molecular flexibility index (Phi) is 7.75. The third-order valence-electron chi connectivity index (χ3n) is 6.24. The quantitative estimate of drug-likeness (QED) is 0.369. The summed E-state index contributed by atoms with van der Waals surface area (Å²) in [6.45, 7) is 2.88. The van der Waals surface area contributed by atoms with Crippen LogP contribution in [0.3, 0.4) is 0 Å². The van der Waals surface area contributed by atoms with Crippen molar-refractivity contribution in [1.82, 2.24) is 9.97 Å². The van der Waals surface area contributed by atoms with Crippen molar-refractivity contribution < 1.29 is 17.9 Å². The highest BCUT2D eigenvalue weighted by molar-refractivity contribution is 5.75. The van der Waals surface area contributed by atoms with Crippen molar-refractivity contribution in [3.63, 3.8) is 0 Å². The lowest BCUT2D eigenvalue weighted by atomic mass is 9.86. The number of halogens is 3. The average Bonchev–Trinajstić information content (AvgIpc) is 2.83. The molecule has 2 aromatic carbocycles. The number of alkyl halides is 3. The monoisotopic (exact) mass is 485 g/mol. The molecule has 1 aliphatic carbocycles. The molecule has 1 aliphatic rings. The standard InChI is InChI=1S/C26H30F3N5O/c1-17-6-10-19(11-7-17)22-16-33-25(34-24(22)31-14-18-8-12-21(30)13-9-18)32-15-20-4-2-3-5-23(20)35-26(27,28)29/h2-7,10-11,16,18,21H,8-9,12-15,30H2,1H3,(H2,31,32,33,34). The van der Waals surface area contributed by atoms with E-state index in [1.165, 1.54) is 12.1 Å². The van der Waals surface area contributed by atoms with Gasteiger partial charge in [0.1, 0.15) is 11.6 Å². The zero-order valence-corrected chi connectivity index (χ0v) is 19.6. The maximum Gasteiger partial charge on any atom is 0.573 e. The molecule has 35 heavy (non-hydrogen) atoms. The van der Waals surface area contributed by atoms with Crippen molar-refractivity contribution in [2.24, 2.45) is 11.7 Å². The summed E-state index contributed by atoms with van der Waals surface area (Å²) in [7, 11) is 0. The molecule has 1 aromatic heterocycles. The summed E-state index contributed by atoms with van der Waals surface area (Å²) in [5.41, 5.74) is 9.40. The number of aryl methyl sites for hydroxylation is 1. The molecule has 1 fully saturated rings. The highest BCUT2D eigenvalue weighted by atomic mass is 19.4. The Labute approximate surface area is 203 Å². The van der Waals surface area contributed by atoms with E-state index in [-0.39, 0.29) is 18.3 Å². The van der Waals surface area contributed by atoms with Crippen molar-refractivity contribution in [3.8, 4) is 16.9 Å². The van der Waals surface area contributed by atoms with Crippen LogP contribution < -0.4 is 21.1 Å². The largest absolute Gasteiger partial charge is 0.573 e. The first-order valence-corrected chi connectivity index (χ1v) is 11.8. The molecule has 4 rings (SSSR count). The van der Waals surface area contributed by atoms with Gasteiger partial charge in [0.2, 0.25) is 5.95 Å². The average molecular weight is 486 g/mol. The highest BCUT2D eigenvalue weighted by Gasteiger charge is 2.32. The van der Waals surface area contributed by atoms with Crippen LogP contribution in [0, 0.1) is 12.8 Å². The van der Waals surface area contributed by atoms with E-state index in [9.17, 15) is 13.2 Å². The molecule has 4 N–H and O–H groups in total. The summed E-state index contributed by atoms with van der Waals surface area (Å²) in [5, 5.41) is 6.52. The molecule has 9 heteroatoms. The predicted octanol–water partition coefficient (Wildman–Crippen LogP) is 5.89. The SMILES string of the molecule is Cc1ccc(-c2cnc(NCc3ccccc3OC(F)(F)F)nc2NCC2CCC(N)CC2)cc1. The van der Waals surface area contributed by atoms with E-state index in [1.807, 2.05) is 31.2 Å². The normalized spacial score (nSPS) is 18.2. The molecular formula is C26H30F3N5O. The minimum absolute atomic E-state index is 0.0794. The van der Waals surface area contributed by atoms with E-state index in [0.29, 0.717) is 23.2 Å². The topological polar surface area (TPSA) is 85.1 Å². The second-order valence-electron chi connectivity index (χ2n) is 8.99. The number of benzene rings is 2. The molecule has 0 radical (unpaired) electrons. The van der Waals surface area contributed by atoms with E-state index in [1.54, 1.807) is 18.3 Å². The van der Waals surface area contributed by atoms with Crippen LogP contribution in [-0.4, -0.2) is 28.9 Å². The van der Waals surface area contributed by atoms with E-state index >= 15 is 0 Å². The van der Waals surface area contributed by atoms with Crippen molar-refractivity contribution in [3.05, 3.63) is 65.9 Å². The Morgan fingerprint density at radius 1 is 1.00 bits per heavy atom. The van der Waals surface area contributed by atoms with Gasteiger partial charge in [0.15, 0.2) is 0 Å².